The number of aliphatic carboxylic acids is 1. The molecule has 0 radical (unpaired) electrons. The maximum atomic E-state index is 11.0. The molecule has 4 rings (SSSR count). The van der Waals surface area contributed by atoms with E-state index >= 15 is 0 Å². The third kappa shape index (κ3) is 5.13. The molecule has 0 aliphatic rings. The van der Waals surface area contributed by atoms with Crippen molar-refractivity contribution in [2.45, 2.75) is 32.8 Å². The maximum absolute atomic E-state index is 11.0. The van der Waals surface area contributed by atoms with Crippen molar-refractivity contribution in [1.29, 1.82) is 0 Å². The van der Waals surface area contributed by atoms with Crippen LogP contribution in [0.3, 0.4) is 0 Å². The van der Waals surface area contributed by atoms with Crippen molar-refractivity contribution < 1.29 is 39.4 Å². The quantitative estimate of drug-likeness (QED) is 0.436. The van der Waals surface area contributed by atoms with Crippen LogP contribution in [0.15, 0.2) is 53.2 Å². The van der Waals surface area contributed by atoms with Crippen LogP contribution in [0.5, 0.6) is 5.75 Å². The van der Waals surface area contributed by atoms with Gasteiger partial charge in [-0.2, -0.15) is 4.98 Å². The van der Waals surface area contributed by atoms with E-state index in [2.05, 4.69) is 15.1 Å². The van der Waals surface area contributed by atoms with Crippen LogP contribution < -0.4 is 23.6 Å². The molecule has 7 nitrogen and oxygen atoms in total. The van der Waals surface area contributed by atoms with Crippen LogP contribution in [0.4, 0.5) is 0 Å². The van der Waals surface area contributed by atoms with Crippen molar-refractivity contribution in [3.05, 3.63) is 59.4 Å². The van der Waals surface area contributed by atoms with Gasteiger partial charge in [0.05, 0.1) is 17.5 Å². The number of fused-ring (bicyclic) bond motifs is 1. The summed E-state index contributed by atoms with van der Waals surface area (Å²) in [4.78, 5) is 19.8. The number of aryl methyl sites for hydroxylation is 1. The van der Waals surface area contributed by atoms with Gasteiger partial charge >= 0.3 is 24.8 Å². The summed E-state index contributed by atoms with van der Waals surface area (Å²) < 4.78 is 11.1. The number of aromatic nitrogens is 3. The van der Waals surface area contributed by atoms with Gasteiger partial charge in [-0.1, -0.05) is 35.0 Å². The molecule has 9 heteroatoms. The average Bonchev–Trinajstić information content (AvgIpc) is 3.23. The molecule has 0 spiro atoms. The van der Waals surface area contributed by atoms with Gasteiger partial charge in [-0.3, -0.25) is 9.78 Å². The predicted octanol–water partition coefficient (Wildman–Crippen LogP) is 2.53. The second-order valence-corrected chi connectivity index (χ2v) is 7.69. The van der Waals surface area contributed by atoms with Gasteiger partial charge in [0.1, 0.15) is 5.75 Å². The van der Waals surface area contributed by atoms with Gasteiger partial charge in [-0.25, -0.2) is 0 Å². The van der Waals surface area contributed by atoms with Crippen LogP contribution in [-0.2, 0) is 11.2 Å². The molecule has 0 amide bonds. The van der Waals surface area contributed by atoms with Gasteiger partial charge in [-0.05, 0) is 43.5 Å². The number of carboxylic acid groups (broad SMARTS) is 1. The predicted molar refractivity (Wildman–Crippen MR) is 118 cm³/mol. The molecule has 1 N–H and O–H groups in total. The Hall–Kier alpha value is -2.85. The summed E-state index contributed by atoms with van der Waals surface area (Å²) in [7, 11) is 0. The number of nitrogens with zero attached hydrogens (tertiary/aromatic N) is 3. The molecule has 0 aliphatic heterocycles. The summed E-state index contributed by atoms with van der Waals surface area (Å²) in [6.45, 7) is 3.86. The van der Waals surface area contributed by atoms with Crippen LogP contribution >= 0.6 is 11.6 Å². The van der Waals surface area contributed by atoms with Gasteiger partial charge < -0.3 is 15.8 Å². The minimum Gasteiger partial charge on any atom is -1.00 e. The number of ether oxygens (including phenoxy) is 1. The molecule has 0 saturated heterocycles. The molecular weight excluding hydrogens is 425 g/mol. The van der Waals surface area contributed by atoms with E-state index in [4.69, 9.17) is 26.0 Å². The zero-order valence-electron chi connectivity index (χ0n) is 19.0. The SMILES string of the molecule is CC(C)Oc1ccc(-c2nc(-c3cccc4c(CCC(=O)O)nccc34)no2)cc1Cl.[H-].[Li+]. The van der Waals surface area contributed by atoms with Crippen molar-refractivity contribution in [2.75, 3.05) is 0 Å². The zero-order valence-corrected chi connectivity index (χ0v) is 18.8. The minimum atomic E-state index is -0.860. The molecule has 32 heavy (non-hydrogen) atoms. The van der Waals surface area contributed by atoms with E-state index < -0.39 is 5.97 Å². The Morgan fingerprint density at radius 3 is 2.75 bits per heavy atom. The molecule has 2 aromatic heterocycles. The monoisotopic (exact) mass is 445 g/mol. The average molecular weight is 446 g/mol. The number of pyridine rings is 1. The second kappa shape index (κ2) is 10.2. The molecule has 4 aromatic rings. The van der Waals surface area contributed by atoms with Crippen LogP contribution in [0, 0.1) is 0 Å². The number of hydrogen-bond donors (Lipinski definition) is 1. The van der Waals surface area contributed by atoms with Crippen LogP contribution in [0.1, 0.15) is 27.4 Å². The summed E-state index contributed by atoms with van der Waals surface area (Å²) in [6.07, 6.45) is 2.04. The summed E-state index contributed by atoms with van der Waals surface area (Å²) in [6, 6.07) is 12.9. The third-order valence-electron chi connectivity index (χ3n) is 4.67. The zero-order chi connectivity index (χ0) is 22.0. The molecule has 0 atom stereocenters. The van der Waals surface area contributed by atoms with Crippen molar-refractivity contribution in [3.8, 4) is 28.6 Å². The third-order valence-corrected chi connectivity index (χ3v) is 4.97. The topological polar surface area (TPSA) is 98.3 Å². The van der Waals surface area contributed by atoms with Crippen molar-refractivity contribution in [3.63, 3.8) is 0 Å². The Morgan fingerprint density at radius 1 is 1.22 bits per heavy atom. The van der Waals surface area contributed by atoms with Gasteiger partial charge in [0, 0.05) is 34.8 Å². The van der Waals surface area contributed by atoms with Gasteiger partial charge in [0.25, 0.3) is 5.89 Å². The molecule has 2 aromatic carbocycles. The van der Waals surface area contributed by atoms with Gasteiger partial charge in [0.2, 0.25) is 5.82 Å². The molecule has 0 unspecified atom stereocenters. The Morgan fingerprint density at radius 2 is 2.03 bits per heavy atom. The molecule has 0 fully saturated rings. The first-order valence-corrected chi connectivity index (χ1v) is 10.2. The number of carboxylic acids is 1. The molecule has 0 saturated carbocycles. The Bertz CT molecular complexity index is 1270. The fraction of sp³-hybridized carbons (Fsp3) is 0.217. The van der Waals surface area contributed by atoms with Crippen molar-refractivity contribution in [1.82, 2.24) is 15.1 Å². The van der Waals surface area contributed by atoms with Crippen molar-refractivity contribution >= 4 is 28.3 Å². The number of hydrogen-bond acceptors (Lipinski definition) is 6. The Kier molecular flexibility index (Phi) is 7.57. The number of benzene rings is 2. The summed E-state index contributed by atoms with van der Waals surface area (Å²) in [5, 5.41) is 15.3. The normalized spacial score (nSPS) is 10.9. The Labute approximate surface area is 203 Å². The van der Waals surface area contributed by atoms with E-state index in [1.165, 1.54) is 0 Å². The number of carbonyl (C=O) groups is 1. The summed E-state index contributed by atoms with van der Waals surface area (Å²) in [5.41, 5.74) is 2.18. The largest absolute Gasteiger partial charge is 1.00 e. The summed E-state index contributed by atoms with van der Waals surface area (Å²) >= 11 is 6.33. The smallest absolute Gasteiger partial charge is 1.00 e. The van der Waals surface area contributed by atoms with Gasteiger partial charge in [-0.15, -0.1) is 0 Å². The van der Waals surface area contributed by atoms with E-state index in [9.17, 15) is 4.79 Å². The molecule has 0 aliphatic carbocycles. The summed E-state index contributed by atoms with van der Waals surface area (Å²) in [5.74, 6) is 0.497. The number of halogens is 1. The fourth-order valence-electron chi connectivity index (χ4n) is 3.32. The van der Waals surface area contributed by atoms with E-state index in [1.807, 2.05) is 44.2 Å². The molecule has 0 bridgehead atoms. The van der Waals surface area contributed by atoms with Crippen LogP contribution in [0.2, 0.25) is 5.02 Å². The second-order valence-electron chi connectivity index (χ2n) is 7.29. The standard InChI is InChI=1S/C23H20ClN3O4.Li.H/c1-13(2)30-20-8-6-14(12-18(20)24)23-26-22(27-31-23)17-5-3-4-16-15(17)10-11-25-19(16)7-9-21(28)29;;/h3-6,8,10-13H,7,9H2,1-2H3,(H,28,29);;/q;+1;-1. The first kappa shape index (κ1) is 23.8. The molecule has 160 valence electrons. The van der Waals surface area contributed by atoms with E-state index in [-0.39, 0.29) is 32.8 Å². The number of rotatable bonds is 7. The molecule has 2 heterocycles. The first-order valence-electron chi connectivity index (χ1n) is 9.81. The van der Waals surface area contributed by atoms with Crippen LogP contribution in [0.25, 0.3) is 33.6 Å². The van der Waals surface area contributed by atoms with E-state index in [1.54, 1.807) is 18.3 Å². The van der Waals surface area contributed by atoms with E-state index in [0.717, 1.165) is 22.0 Å². The van der Waals surface area contributed by atoms with Crippen molar-refractivity contribution in [2.24, 2.45) is 0 Å². The Balaban J connectivity index is 0.00000193. The van der Waals surface area contributed by atoms with E-state index in [0.29, 0.717) is 34.5 Å². The van der Waals surface area contributed by atoms with Gasteiger partial charge in [0.15, 0.2) is 0 Å². The van der Waals surface area contributed by atoms with Crippen LogP contribution in [-0.4, -0.2) is 32.3 Å². The molecular formula is C23H21ClLiN3O4. The first-order chi connectivity index (χ1) is 14.9. The maximum Gasteiger partial charge on any atom is 1.00 e. The minimum absolute atomic E-state index is 0. The fourth-order valence-corrected chi connectivity index (χ4v) is 3.55.